The van der Waals surface area contributed by atoms with E-state index in [0.717, 1.165) is 35.9 Å². The molecule has 0 unspecified atom stereocenters. The van der Waals surface area contributed by atoms with Crippen molar-refractivity contribution in [3.05, 3.63) is 35.2 Å². The van der Waals surface area contributed by atoms with Crippen molar-refractivity contribution in [2.24, 2.45) is 0 Å². The Kier molecular flexibility index (Phi) is 3.15. The zero-order valence-corrected chi connectivity index (χ0v) is 11.4. The number of hydrogen-bond acceptors (Lipinski definition) is 4. The van der Waals surface area contributed by atoms with E-state index in [1.54, 1.807) is 0 Å². The molecule has 4 nitrogen and oxygen atoms in total. The highest BCUT2D eigenvalue weighted by Crippen LogP contribution is 2.27. The van der Waals surface area contributed by atoms with Crippen molar-refractivity contribution in [1.29, 1.82) is 0 Å². The van der Waals surface area contributed by atoms with Crippen molar-refractivity contribution in [3.63, 3.8) is 0 Å². The Morgan fingerprint density at radius 1 is 1.05 bits per heavy atom. The van der Waals surface area contributed by atoms with Crippen LogP contribution in [0.25, 0.3) is 11.5 Å². The molecule has 0 fully saturated rings. The molecule has 98 valence electrons. The molecular weight excluding hydrogens is 236 g/mol. The van der Waals surface area contributed by atoms with Gasteiger partial charge in [0.1, 0.15) is 11.5 Å². The van der Waals surface area contributed by atoms with Gasteiger partial charge in [-0.1, -0.05) is 6.07 Å². The summed E-state index contributed by atoms with van der Waals surface area (Å²) < 4.78 is 0. The van der Waals surface area contributed by atoms with Crippen LogP contribution in [-0.2, 0) is 12.8 Å². The molecule has 0 amide bonds. The first-order valence-electron chi connectivity index (χ1n) is 6.79. The summed E-state index contributed by atoms with van der Waals surface area (Å²) >= 11 is 0. The summed E-state index contributed by atoms with van der Waals surface area (Å²) in [4.78, 5) is 13.9. The van der Waals surface area contributed by atoms with E-state index in [-0.39, 0.29) is 0 Å². The van der Waals surface area contributed by atoms with Gasteiger partial charge in [0.25, 0.3) is 0 Å². The molecule has 2 aromatic heterocycles. The van der Waals surface area contributed by atoms with Gasteiger partial charge in [-0.3, -0.25) is 0 Å². The lowest BCUT2D eigenvalue weighted by Crippen LogP contribution is -2.12. The lowest BCUT2D eigenvalue weighted by molar-refractivity contribution is 0.665. The standard InChI is InChI=1S/C15H18N4/c1-10-6-5-9-13(17-10)15-18-12-8-4-3-7-11(12)14(16-2)19-15/h5-6,9H,3-4,7-8H2,1-2H3,(H,16,18,19). The molecule has 0 spiro atoms. The van der Waals surface area contributed by atoms with Gasteiger partial charge in [0, 0.05) is 24.0 Å². The maximum atomic E-state index is 4.72. The van der Waals surface area contributed by atoms with Crippen LogP contribution in [0.3, 0.4) is 0 Å². The third-order valence-electron chi connectivity index (χ3n) is 3.54. The van der Waals surface area contributed by atoms with Gasteiger partial charge in [0.15, 0.2) is 5.82 Å². The van der Waals surface area contributed by atoms with Gasteiger partial charge in [-0.05, 0) is 44.7 Å². The number of aromatic nitrogens is 3. The summed E-state index contributed by atoms with van der Waals surface area (Å²) in [6.07, 6.45) is 4.57. The Balaban J connectivity index is 2.12. The van der Waals surface area contributed by atoms with Crippen molar-refractivity contribution in [2.75, 3.05) is 12.4 Å². The fraction of sp³-hybridized carbons (Fsp3) is 0.400. The number of fused-ring (bicyclic) bond motifs is 1. The molecule has 1 aliphatic rings. The van der Waals surface area contributed by atoms with Gasteiger partial charge in [0.2, 0.25) is 0 Å². The number of aryl methyl sites for hydroxylation is 2. The molecule has 3 rings (SSSR count). The van der Waals surface area contributed by atoms with Gasteiger partial charge in [-0.15, -0.1) is 0 Å². The molecule has 0 saturated heterocycles. The Labute approximate surface area is 113 Å². The highest BCUT2D eigenvalue weighted by Gasteiger charge is 2.18. The van der Waals surface area contributed by atoms with E-state index in [4.69, 9.17) is 4.98 Å². The average molecular weight is 254 g/mol. The van der Waals surface area contributed by atoms with Crippen LogP contribution in [0.5, 0.6) is 0 Å². The van der Waals surface area contributed by atoms with Crippen LogP contribution in [0.1, 0.15) is 29.8 Å². The van der Waals surface area contributed by atoms with Gasteiger partial charge in [0.05, 0.1) is 0 Å². The smallest absolute Gasteiger partial charge is 0.180 e. The molecule has 0 aromatic carbocycles. The number of nitrogens with zero attached hydrogens (tertiary/aromatic N) is 3. The van der Waals surface area contributed by atoms with Crippen molar-refractivity contribution in [2.45, 2.75) is 32.6 Å². The number of pyridine rings is 1. The number of nitrogens with one attached hydrogen (secondary N) is 1. The molecule has 1 aliphatic carbocycles. The Hall–Kier alpha value is -1.97. The third kappa shape index (κ3) is 2.30. The molecule has 1 N–H and O–H groups in total. The van der Waals surface area contributed by atoms with Crippen LogP contribution in [0.2, 0.25) is 0 Å². The molecule has 0 saturated carbocycles. The highest BCUT2D eigenvalue weighted by molar-refractivity contribution is 5.57. The van der Waals surface area contributed by atoms with Crippen LogP contribution < -0.4 is 5.32 Å². The Bertz CT molecular complexity index is 590. The van der Waals surface area contributed by atoms with Gasteiger partial charge in [-0.2, -0.15) is 0 Å². The fourth-order valence-electron chi connectivity index (χ4n) is 2.58. The van der Waals surface area contributed by atoms with Gasteiger partial charge >= 0.3 is 0 Å². The second kappa shape index (κ2) is 4.96. The lowest BCUT2D eigenvalue weighted by Gasteiger charge is -2.18. The minimum absolute atomic E-state index is 0.730. The summed E-state index contributed by atoms with van der Waals surface area (Å²) in [5, 5.41) is 3.20. The second-order valence-electron chi connectivity index (χ2n) is 4.94. The number of rotatable bonds is 2. The minimum Gasteiger partial charge on any atom is -0.373 e. The summed E-state index contributed by atoms with van der Waals surface area (Å²) in [6, 6.07) is 5.96. The quantitative estimate of drug-likeness (QED) is 0.895. The first-order valence-corrected chi connectivity index (χ1v) is 6.79. The van der Waals surface area contributed by atoms with Gasteiger partial charge in [-0.25, -0.2) is 15.0 Å². The summed E-state index contributed by atoms with van der Waals surface area (Å²) in [7, 11) is 1.92. The SMILES string of the molecule is CNc1nc(-c2cccc(C)n2)nc2c1CCCC2. The molecule has 0 bridgehead atoms. The predicted molar refractivity (Wildman–Crippen MR) is 76.2 cm³/mol. The zero-order valence-electron chi connectivity index (χ0n) is 11.4. The summed E-state index contributed by atoms with van der Waals surface area (Å²) in [5.74, 6) is 1.69. The topological polar surface area (TPSA) is 50.7 Å². The van der Waals surface area contributed by atoms with E-state index < -0.39 is 0 Å². The summed E-state index contributed by atoms with van der Waals surface area (Å²) in [5.41, 5.74) is 4.31. The maximum Gasteiger partial charge on any atom is 0.180 e. The second-order valence-corrected chi connectivity index (χ2v) is 4.94. The molecule has 2 aromatic rings. The predicted octanol–water partition coefficient (Wildman–Crippen LogP) is 2.77. The molecular formula is C15H18N4. The van der Waals surface area contributed by atoms with Crippen LogP contribution >= 0.6 is 0 Å². The third-order valence-corrected chi connectivity index (χ3v) is 3.54. The first-order chi connectivity index (χ1) is 9.28. The van der Waals surface area contributed by atoms with E-state index >= 15 is 0 Å². The minimum atomic E-state index is 0.730. The first kappa shape index (κ1) is 12.1. The van der Waals surface area contributed by atoms with Crippen molar-refractivity contribution in [3.8, 4) is 11.5 Å². The van der Waals surface area contributed by atoms with E-state index in [1.807, 2.05) is 32.2 Å². The van der Waals surface area contributed by atoms with Crippen LogP contribution in [0.4, 0.5) is 5.82 Å². The van der Waals surface area contributed by atoms with Crippen LogP contribution in [0.15, 0.2) is 18.2 Å². The highest BCUT2D eigenvalue weighted by atomic mass is 15.0. The molecule has 0 aliphatic heterocycles. The van der Waals surface area contributed by atoms with Crippen LogP contribution in [0, 0.1) is 6.92 Å². The summed E-state index contributed by atoms with van der Waals surface area (Å²) in [6.45, 7) is 1.99. The van der Waals surface area contributed by atoms with Gasteiger partial charge < -0.3 is 5.32 Å². The van der Waals surface area contributed by atoms with Crippen molar-refractivity contribution < 1.29 is 0 Å². The largest absolute Gasteiger partial charge is 0.373 e. The lowest BCUT2D eigenvalue weighted by atomic mass is 9.96. The Morgan fingerprint density at radius 3 is 2.68 bits per heavy atom. The van der Waals surface area contributed by atoms with E-state index in [2.05, 4.69) is 15.3 Å². The van der Waals surface area contributed by atoms with E-state index in [9.17, 15) is 0 Å². The molecule has 0 radical (unpaired) electrons. The van der Waals surface area contributed by atoms with Crippen molar-refractivity contribution >= 4 is 5.82 Å². The van der Waals surface area contributed by atoms with E-state index in [1.165, 1.54) is 24.1 Å². The maximum absolute atomic E-state index is 4.72. The molecule has 2 heterocycles. The molecule has 19 heavy (non-hydrogen) atoms. The monoisotopic (exact) mass is 254 g/mol. The fourth-order valence-corrected chi connectivity index (χ4v) is 2.58. The number of anilines is 1. The zero-order chi connectivity index (χ0) is 13.2. The average Bonchev–Trinajstić information content (AvgIpc) is 2.46. The normalized spacial score (nSPS) is 14.0. The number of hydrogen-bond donors (Lipinski definition) is 1. The molecule has 0 atom stereocenters. The molecule has 4 heteroatoms. The van der Waals surface area contributed by atoms with Crippen molar-refractivity contribution in [1.82, 2.24) is 15.0 Å². The van der Waals surface area contributed by atoms with E-state index in [0.29, 0.717) is 0 Å². The Morgan fingerprint density at radius 2 is 1.89 bits per heavy atom. The van der Waals surface area contributed by atoms with Crippen LogP contribution in [-0.4, -0.2) is 22.0 Å².